The number of allylic oxidation sites excluding steroid dienone is 1. The van der Waals surface area contributed by atoms with Crippen molar-refractivity contribution in [2.75, 3.05) is 7.11 Å². The zero-order valence-electron chi connectivity index (χ0n) is 14.7. The molecule has 5 nitrogen and oxygen atoms in total. The molecule has 0 aromatic rings. The highest BCUT2D eigenvalue weighted by Crippen LogP contribution is 2.39. The minimum absolute atomic E-state index is 0.0280. The highest BCUT2D eigenvalue weighted by atomic mass is 28.4. The fourth-order valence-electron chi connectivity index (χ4n) is 2.32. The van der Waals surface area contributed by atoms with E-state index < -0.39 is 8.32 Å². The highest BCUT2D eigenvalue weighted by Gasteiger charge is 2.47. The molecule has 126 valence electrons. The van der Waals surface area contributed by atoms with Gasteiger partial charge in [-0.3, -0.25) is 9.59 Å². The lowest BCUT2D eigenvalue weighted by molar-refractivity contribution is -0.140. The lowest BCUT2D eigenvalue weighted by Gasteiger charge is -2.45. The van der Waals surface area contributed by atoms with Gasteiger partial charge >= 0.3 is 0 Å². The molecule has 6 heteroatoms. The Morgan fingerprint density at radius 3 is 2.45 bits per heavy atom. The van der Waals surface area contributed by atoms with Gasteiger partial charge in [-0.25, -0.2) is 0 Å². The maximum Gasteiger partial charge on any atom is 0.228 e. The number of methoxy groups -OCH3 is 1. The van der Waals surface area contributed by atoms with Crippen LogP contribution in [0, 0.1) is 5.92 Å². The lowest BCUT2D eigenvalue weighted by Crippen LogP contribution is -2.64. The molecule has 1 fully saturated rings. The first-order valence-electron chi connectivity index (χ1n) is 7.70. The number of ketones is 1. The smallest absolute Gasteiger partial charge is 0.228 e. The van der Waals surface area contributed by atoms with Crippen molar-refractivity contribution in [2.45, 2.75) is 64.4 Å². The molecule has 0 radical (unpaired) electrons. The van der Waals surface area contributed by atoms with E-state index in [1.165, 1.54) is 19.4 Å². The first kappa shape index (κ1) is 18.9. The molecule has 0 aromatic heterocycles. The topological polar surface area (TPSA) is 64.6 Å². The third kappa shape index (κ3) is 4.43. The minimum atomic E-state index is -1.93. The molecule has 1 N–H and O–H groups in total. The van der Waals surface area contributed by atoms with E-state index in [0.717, 1.165) is 0 Å². The number of hydrogen-bond acceptors (Lipinski definition) is 4. The average molecular weight is 327 g/mol. The van der Waals surface area contributed by atoms with Crippen molar-refractivity contribution in [1.29, 1.82) is 0 Å². The number of nitrogens with one attached hydrogen (secondary N) is 1. The highest BCUT2D eigenvalue weighted by molar-refractivity contribution is 6.74. The van der Waals surface area contributed by atoms with E-state index in [-0.39, 0.29) is 41.2 Å². The lowest BCUT2D eigenvalue weighted by atomic mass is 9.83. The monoisotopic (exact) mass is 327 g/mol. The van der Waals surface area contributed by atoms with Crippen molar-refractivity contribution in [3.63, 3.8) is 0 Å². The maximum atomic E-state index is 11.9. The second-order valence-corrected chi connectivity index (χ2v) is 12.2. The van der Waals surface area contributed by atoms with Crippen LogP contribution >= 0.6 is 0 Å². The van der Waals surface area contributed by atoms with Crippen molar-refractivity contribution in [2.24, 2.45) is 5.92 Å². The summed E-state index contributed by atoms with van der Waals surface area (Å²) in [6, 6.07) is -0.152. The molecule has 1 aliphatic rings. The van der Waals surface area contributed by atoms with E-state index in [9.17, 15) is 9.59 Å². The van der Waals surface area contributed by atoms with Crippen LogP contribution in [0.4, 0.5) is 0 Å². The Balaban J connectivity index is 2.67. The molecule has 0 aromatic carbocycles. The van der Waals surface area contributed by atoms with Crippen molar-refractivity contribution >= 4 is 20.0 Å². The SMILES string of the molecule is COC=CC(=O)CC1NC(=O)C1[C@@H](C)O[Si](C)(C)C(C)(C)C. The average Bonchev–Trinajstić information content (AvgIpc) is 2.33. The summed E-state index contributed by atoms with van der Waals surface area (Å²) in [6.45, 7) is 12.8. The number of β-lactam (4-membered cyclic amide) rings is 1. The predicted molar refractivity (Wildman–Crippen MR) is 88.9 cm³/mol. The molecule has 1 amide bonds. The van der Waals surface area contributed by atoms with E-state index in [4.69, 9.17) is 9.16 Å². The summed E-state index contributed by atoms with van der Waals surface area (Å²) in [6.07, 6.45) is 2.84. The largest absolute Gasteiger partial charge is 0.504 e. The quantitative estimate of drug-likeness (QED) is 0.338. The van der Waals surface area contributed by atoms with Gasteiger partial charge in [-0.2, -0.15) is 0 Å². The number of rotatable bonds is 7. The fraction of sp³-hybridized carbons (Fsp3) is 0.750. The van der Waals surface area contributed by atoms with Crippen LogP contribution in [0.1, 0.15) is 34.1 Å². The molecule has 22 heavy (non-hydrogen) atoms. The Kier molecular flexibility index (Phi) is 5.98. The van der Waals surface area contributed by atoms with Gasteiger partial charge in [0.1, 0.15) is 0 Å². The Morgan fingerprint density at radius 2 is 2.00 bits per heavy atom. The number of ether oxygens (including phenoxy) is 1. The molecule has 3 atom stereocenters. The van der Waals surface area contributed by atoms with Crippen molar-refractivity contribution in [1.82, 2.24) is 5.32 Å². The minimum Gasteiger partial charge on any atom is -0.504 e. The standard InChI is InChI=1S/C16H29NO4Si/c1-11(21-22(6,7)16(2,3)4)14-13(17-15(14)19)10-12(18)8-9-20-5/h8-9,11,13-14H,10H2,1-7H3,(H,17,19)/t11-,13?,14?/m1/s1. The van der Waals surface area contributed by atoms with Crippen LogP contribution < -0.4 is 5.32 Å². The van der Waals surface area contributed by atoms with Gasteiger partial charge < -0.3 is 14.5 Å². The van der Waals surface area contributed by atoms with Crippen LogP contribution in [0.3, 0.4) is 0 Å². The van der Waals surface area contributed by atoms with Crippen LogP contribution in [0.5, 0.6) is 0 Å². The molecule has 0 saturated carbocycles. The van der Waals surface area contributed by atoms with E-state index in [0.29, 0.717) is 0 Å². The zero-order chi connectivity index (χ0) is 17.1. The molecule has 0 spiro atoms. The van der Waals surface area contributed by atoms with Gasteiger partial charge in [0.05, 0.1) is 31.4 Å². The van der Waals surface area contributed by atoms with Gasteiger partial charge in [0.15, 0.2) is 14.1 Å². The second-order valence-electron chi connectivity index (χ2n) is 7.43. The van der Waals surface area contributed by atoms with Crippen LogP contribution in [-0.4, -0.2) is 39.3 Å². The van der Waals surface area contributed by atoms with Crippen molar-refractivity contribution in [3.8, 4) is 0 Å². The van der Waals surface area contributed by atoms with Crippen molar-refractivity contribution in [3.05, 3.63) is 12.3 Å². The fourth-order valence-corrected chi connectivity index (χ4v) is 3.75. The zero-order valence-corrected chi connectivity index (χ0v) is 15.7. The molecule has 0 bridgehead atoms. The first-order chi connectivity index (χ1) is 9.99. The summed E-state index contributed by atoms with van der Waals surface area (Å²) in [7, 11) is -0.439. The molecular formula is C16H29NO4Si. The van der Waals surface area contributed by atoms with E-state index >= 15 is 0 Å². The maximum absolute atomic E-state index is 11.9. The molecular weight excluding hydrogens is 298 g/mol. The molecule has 1 heterocycles. The summed E-state index contributed by atoms with van der Waals surface area (Å²) >= 11 is 0. The Bertz CT molecular complexity index is 454. The Hall–Kier alpha value is -1.14. The van der Waals surface area contributed by atoms with Crippen LogP contribution in [0.25, 0.3) is 0 Å². The summed E-state index contributed by atoms with van der Waals surface area (Å²) in [5.74, 6) is -0.342. The number of carbonyl (C=O) groups excluding carboxylic acids is 2. The summed E-state index contributed by atoms with van der Waals surface area (Å²) in [4.78, 5) is 23.7. The molecule has 1 saturated heterocycles. The van der Waals surface area contributed by atoms with Gasteiger partial charge in [-0.15, -0.1) is 0 Å². The molecule has 2 unspecified atom stereocenters. The van der Waals surface area contributed by atoms with Gasteiger partial charge in [0, 0.05) is 12.5 Å². The normalized spacial score (nSPS) is 23.9. The van der Waals surface area contributed by atoms with Crippen LogP contribution in [0.15, 0.2) is 12.3 Å². The molecule has 0 aliphatic carbocycles. The van der Waals surface area contributed by atoms with E-state index in [1.54, 1.807) is 0 Å². The Morgan fingerprint density at radius 1 is 1.41 bits per heavy atom. The second kappa shape index (κ2) is 6.96. The van der Waals surface area contributed by atoms with Gasteiger partial charge in [-0.05, 0) is 25.1 Å². The van der Waals surface area contributed by atoms with E-state index in [2.05, 4.69) is 39.2 Å². The van der Waals surface area contributed by atoms with Gasteiger partial charge in [0.25, 0.3) is 0 Å². The third-order valence-electron chi connectivity index (χ3n) is 4.67. The third-order valence-corrected chi connectivity index (χ3v) is 9.24. The van der Waals surface area contributed by atoms with Crippen LogP contribution in [-0.2, 0) is 18.8 Å². The summed E-state index contributed by atoms with van der Waals surface area (Å²) in [5, 5.41) is 2.90. The summed E-state index contributed by atoms with van der Waals surface area (Å²) in [5.41, 5.74) is 0. The van der Waals surface area contributed by atoms with Gasteiger partial charge in [0.2, 0.25) is 5.91 Å². The number of carbonyl (C=O) groups is 2. The van der Waals surface area contributed by atoms with Crippen molar-refractivity contribution < 1.29 is 18.8 Å². The Labute approximate surface area is 134 Å². The number of amides is 1. The summed E-state index contributed by atoms with van der Waals surface area (Å²) < 4.78 is 11.0. The predicted octanol–water partition coefficient (Wildman–Crippen LogP) is 2.63. The van der Waals surface area contributed by atoms with Gasteiger partial charge in [-0.1, -0.05) is 20.8 Å². The number of hydrogen-bond donors (Lipinski definition) is 1. The van der Waals surface area contributed by atoms with Crippen LogP contribution in [0.2, 0.25) is 18.1 Å². The molecule has 1 rings (SSSR count). The van der Waals surface area contributed by atoms with E-state index in [1.807, 2.05) is 6.92 Å². The first-order valence-corrected chi connectivity index (χ1v) is 10.6. The molecule has 1 aliphatic heterocycles.